The van der Waals surface area contributed by atoms with E-state index in [0.29, 0.717) is 22.2 Å². The van der Waals surface area contributed by atoms with Gasteiger partial charge >= 0.3 is 5.97 Å². The topological polar surface area (TPSA) is 76.2 Å². The Morgan fingerprint density at radius 2 is 2.21 bits per heavy atom. The van der Waals surface area contributed by atoms with Crippen molar-refractivity contribution in [3.8, 4) is 0 Å². The maximum absolute atomic E-state index is 10.8. The van der Waals surface area contributed by atoms with Crippen LogP contribution >= 0.6 is 34.5 Å². The SMILES string of the molecule is NC(C(=O)O)c1csc(Cc2ccc(Cl)cc2Cl)n1. The Morgan fingerprint density at radius 3 is 2.84 bits per heavy atom. The number of halogens is 2. The van der Waals surface area contributed by atoms with Crippen molar-refractivity contribution in [1.82, 2.24) is 4.98 Å². The van der Waals surface area contributed by atoms with Crippen LogP contribution in [0, 0.1) is 0 Å². The number of carbonyl (C=O) groups is 1. The van der Waals surface area contributed by atoms with Gasteiger partial charge in [0.15, 0.2) is 0 Å². The molecule has 7 heteroatoms. The number of hydrogen-bond donors (Lipinski definition) is 2. The van der Waals surface area contributed by atoms with Gasteiger partial charge in [-0.3, -0.25) is 4.79 Å². The van der Waals surface area contributed by atoms with Crippen molar-refractivity contribution in [1.29, 1.82) is 0 Å². The molecule has 19 heavy (non-hydrogen) atoms. The molecule has 0 saturated heterocycles. The number of carboxylic acid groups (broad SMARTS) is 1. The smallest absolute Gasteiger partial charge is 0.326 e. The first kappa shape index (κ1) is 14.3. The summed E-state index contributed by atoms with van der Waals surface area (Å²) in [6, 6.07) is 4.14. The minimum atomic E-state index is -1.10. The van der Waals surface area contributed by atoms with E-state index in [4.69, 9.17) is 34.0 Å². The second kappa shape index (κ2) is 5.88. The molecule has 0 spiro atoms. The van der Waals surface area contributed by atoms with Crippen LogP contribution in [-0.2, 0) is 11.2 Å². The summed E-state index contributed by atoms with van der Waals surface area (Å²) < 4.78 is 0. The van der Waals surface area contributed by atoms with Gasteiger partial charge in [-0.05, 0) is 17.7 Å². The van der Waals surface area contributed by atoms with Crippen LogP contribution in [0.15, 0.2) is 23.6 Å². The lowest BCUT2D eigenvalue weighted by molar-refractivity contribution is -0.138. The Balaban J connectivity index is 2.18. The zero-order chi connectivity index (χ0) is 14.0. The van der Waals surface area contributed by atoms with Crippen molar-refractivity contribution in [3.63, 3.8) is 0 Å². The fourth-order valence-corrected chi connectivity index (χ4v) is 2.83. The van der Waals surface area contributed by atoms with E-state index in [9.17, 15) is 4.79 Å². The van der Waals surface area contributed by atoms with Gasteiger partial charge in [-0.25, -0.2) is 4.98 Å². The van der Waals surface area contributed by atoms with Crippen LogP contribution in [0.4, 0.5) is 0 Å². The summed E-state index contributed by atoms with van der Waals surface area (Å²) in [5, 5.41) is 12.4. The lowest BCUT2D eigenvalue weighted by atomic mass is 10.1. The van der Waals surface area contributed by atoms with Crippen molar-refractivity contribution in [2.24, 2.45) is 5.73 Å². The fraction of sp³-hybridized carbons (Fsp3) is 0.167. The van der Waals surface area contributed by atoms with Crippen LogP contribution in [0.2, 0.25) is 10.0 Å². The maximum atomic E-state index is 10.8. The molecule has 1 atom stereocenters. The summed E-state index contributed by atoms with van der Waals surface area (Å²) in [5.74, 6) is -1.10. The van der Waals surface area contributed by atoms with Crippen molar-refractivity contribution in [3.05, 3.63) is 49.9 Å². The monoisotopic (exact) mass is 316 g/mol. The highest BCUT2D eigenvalue weighted by atomic mass is 35.5. The Labute approximate surface area is 123 Å². The van der Waals surface area contributed by atoms with Gasteiger partial charge < -0.3 is 10.8 Å². The lowest BCUT2D eigenvalue weighted by Crippen LogP contribution is -2.20. The standard InChI is InChI=1S/C12H10Cl2N2O2S/c13-7-2-1-6(8(14)4-7)3-10-16-9(5-19-10)11(15)12(17)18/h1-2,4-5,11H,3,15H2,(H,17,18). The highest BCUT2D eigenvalue weighted by Gasteiger charge is 2.17. The molecule has 0 aliphatic carbocycles. The number of thiazole rings is 1. The van der Waals surface area contributed by atoms with E-state index >= 15 is 0 Å². The van der Waals surface area contributed by atoms with Crippen molar-refractivity contribution in [2.75, 3.05) is 0 Å². The van der Waals surface area contributed by atoms with Gasteiger partial charge in [0.05, 0.1) is 10.7 Å². The van der Waals surface area contributed by atoms with Crippen LogP contribution in [0.5, 0.6) is 0 Å². The van der Waals surface area contributed by atoms with Crippen molar-refractivity contribution in [2.45, 2.75) is 12.5 Å². The van der Waals surface area contributed by atoms with Crippen LogP contribution in [0.25, 0.3) is 0 Å². The van der Waals surface area contributed by atoms with Crippen LogP contribution < -0.4 is 5.73 Å². The average molecular weight is 317 g/mol. The molecule has 0 amide bonds. The number of aliphatic carboxylic acids is 1. The van der Waals surface area contributed by atoms with E-state index in [0.717, 1.165) is 10.6 Å². The number of nitrogens with two attached hydrogens (primary N) is 1. The molecule has 0 fully saturated rings. The van der Waals surface area contributed by atoms with Gasteiger partial charge in [0.2, 0.25) is 0 Å². The van der Waals surface area contributed by atoms with E-state index in [1.807, 2.05) is 6.07 Å². The first-order valence-corrected chi connectivity index (χ1v) is 6.97. The third-order valence-electron chi connectivity index (χ3n) is 2.51. The predicted molar refractivity (Wildman–Crippen MR) is 75.9 cm³/mol. The number of hydrogen-bond acceptors (Lipinski definition) is 4. The van der Waals surface area contributed by atoms with Crippen LogP contribution in [0.3, 0.4) is 0 Å². The molecule has 0 radical (unpaired) electrons. The molecule has 100 valence electrons. The molecular weight excluding hydrogens is 307 g/mol. The summed E-state index contributed by atoms with van der Waals surface area (Å²) >= 11 is 13.3. The number of carboxylic acids is 1. The van der Waals surface area contributed by atoms with Crippen LogP contribution in [-0.4, -0.2) is 16.1 Å². The lowest BCUT2D eigenvalue weighted by Gasteiger charge is -2.03. The maximum Gasteiger partial charge on any atom is 0.326 e. The molecule has 0 aliphatic rings. The first-order valence-electron chi connectivity index (χ1n) is 5.34. The number of benzene rings is 1. The molecule has 4 nitrogen and oxygen atoms in total. The number of nitrogens with zero attached hydrogens (tertiary/aromatic N) is 1. The third-order valence-corrected chi connectivity index (χ3v) is 3.96. The molecule has 0 aliphatic heterocycles. The zero-order valence-corrected chi connectivity index (χ0v) is 12.0. The Hall–Kier alpha value is -1.14. The van der Waals surface area contributed by atoms with Gasteiger partial charge in [-0.15, -0.1) is 11.3 Å². The summed E-state index contributed by atoms with van der Waals surface area (Å²) in [6.07, 6.45) is 0.521. The Morgan fingerprint density at radius 1 is 1.47 bits per heavy atom. The van der Waals surface area contributed by atoms with E-state index in [1.165, 1.54) is 11.3 Å². The molecular formula is C12H10Cl2N2O2S. The largest absolute Gasteiger partial charge is 0.480 e. The van der Waals surface area contributed by atoms with Gasteiger partial charge in [0, 0.05) is 21.8 Å². The quantitative estimate of drug-likeness (QED) is 0.908. The molecule has 2 rings (SSSR count). The summed E-state index contributed by atoms with van der Waals surface area (Å²) in [7, 11) is 0. The van der Waals surface area contributed by atoms with E-state index in [1.54, 1.807) is 17.5 Å². The fourth-order valence-electron chi connectivity index (χ4n) is 1.50. The van der Waals surface area contributed by atoms with Gasteiger partial charge in [-0.2, -0.15) is 0 Å². The average Bonchev–Trinajstić information content (AvgIpc) is 2.80. The van der Waals surface area contributed by atoms with Gasteiger partial charge in [-0.1, -0.05) is 29.3 Å². The second-order valence-electron chi connectivity index (χ2n) is 3.89. The zero-order valence-electron chi connectivity index (χ0n) is 9.64. The van der Waals surface area contributed by atoms with Crippen molar-refractivity contribution >= 4 is 40.5 Å². The van der Waals surface area contributed by atoms with E-state index < -0.39 is 12.0 Å². The minimum Gasteiger partial charge on any atom is -0.480 e. The normalized spacial score (nSPS) is 12.4. The minimum absolute atomic E-state index is 0.359. The molecule has 3 N–H and O–H groups in total. The molecule has 2 aromatic rings. The summed E-state index contributed by atoms with van der Waals surface area (Å²) in [4.78, 5) is 15.0. The molecule has 0 bridgehead atoms. The van der Waals surface area contributed by atoms with E-state index in [2.05, 4.69) is 4.98 Å². The molecule has 1 aromatic heterocycles. The number of rotatable bonds is 4. The second-order valence-corrected chi connectivity index (χ2v) is 5.68. The molecule has 1 unspecified atom stereocenters. The van der Waals surface area contributed by atoms with Gasteiger partial charge in [0.1, 0.15) is 6.04 Å². The van der Waals surface area contributed by atoms with E-state index in [-0.39, 0.29) is 0 Å². The molecule has 1 aromatic carbocycles. The summed E-state index contributed by atoms with van der Waals surface area (Å²) in [5.41, 5.74) is 6.74. The highest BCUT2D eigenvalue weighted by molar-refractivity contribution is 7.09. The molecule has 1 heterocycles. The predicted octanol–water partition coefficient (Wildman–Crippen LogP) is 3.13. The Kier molecular flexibility index (Phi) is 4.42. The third kappa shape index (κ3) is 3.45. The van der Waals surface area contributed by atoms with Crippen LogP contribution in [0.1, 0.15) is 22.3 Å². The molecule has 0 saturated carbocycles. The van der Waals surface area contributed by atoms with Crippen molar-refractivity contribution < 1.29 is 9.90 Å². The highest BCUT2D eigenvalue weighted by Crippen LogP contribution is 2.25. The van der Waals surface area contributed by atoms with Gasteiger partial charge in [0.25, 0.3) is 0 Å². The summed E-state index contributed by atoms with van der Waals surface area (Å²) in [6.45, 7) is 0. The number of aromatic nitrogens is 1. The first-order chi connectivity index (χ1) is 8.97. The Bertz CT molecular complexity index is 616.